The number of aromatic nitrogens is 2. The van der Waals surface area contributed by atoms with Gasteiger partial charge in [0.2, 0.25) is 5.89 Å². The second kappa shape index (κ2) is 10.2. The van der Waals surface area contributed by atoms with Gasteiger partial charge in [-0.25, -0.2) is 0 Å². The van der Waals surface area contributed by atoms with Crippen LogP contribution in [0.1, 0.15) is 41.6 Å². The summed E-state index contributed by atoms with van der Waals surface area (Å²) in [7, 11) is 0. The summed E-state index contributed by atoms with van der Waals surface area (Å²) in [5.41, 5.74) is 3.21. The Balaban J connectivity index is 1.27. The first-order valence-electron chi connectivity index (χ1n) is 11.0. The maximum Gasteiger partial charge on any atom is 0.315 e. The number of aryl methyl sites for hydroxylation is 1. The molecule has 1 aliphatic heterocycles. The highest BCUT2D eigenvalue weighted by Gasteiger charge is 2.11. The van der Waals surface area contributed by atoms with Crippen molar-refractivity contribution in [1.82, 2.24) is 15.1 Å². The Kier molecular flexibility index (Phi) is 6.94. The van der Waals surface area contributed by atoms with Crippen molar-refractivity contribution in [2.45, 2.75) is 32.6 Å². The third-order valence-corrected chi connectivity index (χ3v) is 5.47. The molecular weight excluding hydrogens is 390 g/mol. The highest BCUT2D eigenvalue weighted by Crippen LogP contribution is 2.22. The highest BCUT2D eigenvalue weighted by molar-refractivity contribution is 6.04. The first kappa shape index (κ1) is 21.1. The van der Waals surface area contributed by atoms with Crippen LogP contribution in [-0.4, -0.2) is 47.2 Å². The minimum Gasteiger partial charge on any atom is -0.403 e. The van der Waals surface area contributed by atoms with Gasteiger partial charge in [0.05, 0.1) is 0 Å². The summed E-state index contributed by atoms with van der Waals surface area (Å²) in [5, 5.41) is 14.3. The number of benzene rings is 2. The van der Waals surface area contributed by atoms with E-state index in [-0.39, 0.29) is 5.91 Å². The van der Waals surface area contributed by atoms with Crippen LogP contribution < -0.4 is 10.6 Å². The fraction of sp³-hybridized carbons (Fsp3) is 0.375. The number of likely N-dealkylation sites (tertiary alicyclic amines) is 1. The zero-order valence-corrected chi connectivity index (χ0v) is 17.9. The zero-order valence-electron chi connectivity index (χ0n) is 17.9. The molecule has 0 saturated carbocycles. The maximum atomic E-state index is 12.4. The first-order valence-corrected chi connectivity index (χ1v) is 11.0. The Labute approximate surface area is 182 Å². The summed E-state index contributed by atoms with van der Waals surface area (Å²) < 4.78 is 5.73. The molecule has 0 radical (unpaired) electrons. The molecule has 0 bridgehead atoms. The number of carbonyl (C=O) groups is 1. The van der Waals surface area contributed by atoms with E-state index >= 15 is 0 Å². The summed E-state index contributed by atoms with van der Waals surface area (Å²) in [6.07, 6.45) is 5.04. The van der Waals surface area contributed by atoms with Crippen molar-refractivity contribution >= 4 is 17.6 Å². The van der Waals surface area contributed by atoms with Crippen molar-refractivity contribution in [3.63, 3.8) is 0 Å². The van der Waals surface area contributed by atoms with Crippen molar-refractivity contribution in [1.29, 1.82) is 0 Å². The van der Waals surface area contributed by atoms with Crippen molar-refractivity contribution in [2.24, 2.45) is 0 Å². The molecule has 3 aromatic rings. The Hall–Kier alpha value is -3.19. The van der Waals surface area contributed by atoms with E-state index in [2.05, 4.69) is 25.7 Å². The number of rotatable bonds is 8. The number of hydrogen-bond acceptors (Lipinski definition) is 6. The molecule has 2 N–H and O–H groups in total. The lowest BCUT2D eigenvalue weighted by Gasteiger charge is -2.26. The molecule has 0 aliphatic carbocycles. The molecule has 1 amide bonds. The molecule has 0 atom stereocenters. The molecule has 2 heterocycles. The van der Waals surface area contributed by atoms with Gasteiger partial charge in [-0.15, -0.1) is 5.10 Å². The Morgan fingerprint density at radius 2 is 1.87 bits per heavy atom. The number of hydrogen-bond donors (Lipinski definition) is 2. The Morgan fingerprint density at radius 3 is 2.65 bits per heavy atom. The van der Waals surface area contributed by atoms with Crippen LogP contribution in [0.25, 0.3) is 11.5 Å². The third-order valence-electron chi connectivity index (χ3n) is 5.47. The van der Waals surface area contributed by atoms with Crippen molar-refractivity contribution < 1.29 is 9.21 Å². The van der Waals surface area contributed by atoms with Gasteiger partial charge in [0, 0.05) is 23.4 Å². The lowest BCUT2D eigenvalue weighted by molar-refractivity contribution is 0.102. The summed E-state index contributed by atoms with van der Waals surface area (Å²) >= 11 is 0. The van der Waals surface area contributed by atoms with Gasteiger partial charge in [0.1, 0.15) is 0 Å². The van der Waals surface area contributed by atoms with Crippen molar-refractivity contribution in [2.75, 3.05) is 36.8 Å². The third kappa shape index (κ3) is 5.92. The number of nitrogens with one attached hydrogen (secondary N) is 2. The molecule has 31 heavy (non-hydrogen) atoms. The van der Waals surface area contributed by atoms with Crippen LogP contribution >= 0.6 is 0 Å². The van der Waals surface area contributed by atoms with Gasteiger partial charge < -0.3 is 20.0 Å². The number of carbonyl (C=O) groups excluding carboxylic acids is 1. The van der Waals surface area contributed by atoms with E-state index in [1.807, 2.05) is 49.4 Å². The molecule has 2 aromatic carbocycles. The lowest BCUT2D eigenvalue weighted by Crippen LogP contribution is -2.31. The molecule has 1 aliphatic rings. The average molecular weight is 420 g/mol. The van der Waals surface area contributed by atoms with Crippen LogP contribution in [0, 0.1) is 6.92 Å². The Morgan fingerprint density at radius 1 is 1.06 bits per heavy atom. The van der Waals surface area contributed by atoms with E-state index < -0.39 is 0 Å². The first-order chi connectivity index (χ1) is 15.2. The Bertz CT molecular complexity index is 993. The fourth-order valence-corrected chi connectivity index (χ4v) is 3.78. The number of amides is 1. The number of piperidine rings is 1. The summed E-state index contributed by atoms with van der Waals surface area (Å²) in [5.74, 6) is 0.320. The van der Waals surface area contributed by atoms with Gasteiger partial charge in [-0.1, -0.05) is 29.2 Å². The van der Waals surface area contributed by atoms with E-state index in [4.69, 9.17) is 4.42 Å². The van der Waals surface area contributed by atoms with Crippen LogP contribution in [0.4, 0.5) is 11.7 Å². The number of nitrogens with zero attached hydrogens (tertiary/aromatic N) is 3. The predicted octanol–water partition coefficient (Wildman–Crippen LogP) is 4.59. The van der Waals surface area contributed by atoms with Crippen LogP contribution in [0.15, 0.2) is 52.9 Å². The topological polar surface area (TPSA) is 83.3 Å². The van der Waals surface area contributed by atoms with Gasteiger partial charge in [-0.05, 0) is 82.2 Å². The molecule has 7 heteroatoms. The summed E-state index contributed by atoms with van der Waals surface area (Å²) in [4.78, 5) is 14.9. The van der Waals surface area contributed by atoms with E-state index in [9.17, 15) is 4.79 Å². The summed E-state index contributed by atoms with van der Waals surface area (Å²) in [6.45, 7) is 6.30. The van der Waals surface area contributed by atoms with Gasteiger partial charge in [0.15, 0.2) is 0 Å². The second-order valence-corrected chi connectivity index (χ2v) is 8.00. The molecular formula is C24H29N5O2. The molecule has 1 aromatic heterocycles. The smallest absolute Gasteiger partial charge is 0.315 e. The van der Waals surface area contributed by atoms with Crippen LogP contribution in [-0.2, 0) is 0 Å². The number of anilines is 2. The molecule has 162 valence electrons. The van der Waals surface area contributed by atoms with Gasteiger partial charge in [-0.3, -0.25) is 4.79 Å². The van der Waals surface area contributed by atoms with Crippen LogP contribution in [0.3, 0.4) is 0 Å². The van der Waals surface area contributed by atoms with Gasteiger partial charge in [0.25, 0.3) is 5.91 Å². The average Bonchev–Trinajstić information content (AvgIpc) is 3.27. The normalized spacial score (nSPS) is 14.4. The van der Waals surface area contributed by atoms with E-state index in [0.717, 1.165) is 30.6 Å². The molecule has 0 spiro atoms. The van der Waals surface area contributed by atoms with E-state index in [1.165, 1.54) is 32.4 Å². The quantitative estimate of drug-likeness (QED) is 0.520. The van der Waals surface area contributed by atoms with E-state index in [0.29, 0.717) is 23.2 Å². The molecule has 7 nitrogen and oxygen atoms in total. The summed E-state index contributed by atoms with van der Waals surface area (Å²) in [6, 6.07) is 15.3. The predicted molar refractivity (Wildman–Crippen MR) is 122 cm³/mol. The molecule has 1 saturated heterocycles. The standard InChI is InChI=1S/C24H29N5O2/c1-18-7-5-8-20(17-18)22(30)26-21-11-9-19(10-12-21)23-27-28-24(31-23)25-13-6-16-29-14-3-2-4-15-29/h5,7-12,17H,2-4,6,13-16H2,1H3,(H,25,28)(H,26,30). The monoisotopic (exact) mass is 419 g/mol. The minimum absolute atomic E-state index is 0.134. The van der Waals surface area contributed by atoms with E-state index in [1.54, 1.807) is 6.07 Å². The fourth-order valence-electron chi connectivity index (χ4n) is 3.78. The SMILES string of the molecule is Cc1cccc(C(=O)Nc2ccc(-c3nnc(NCCCN4CCCCC4)o3)cc2)c1. The van der Waals surface area contributed by atoms with Crippen molar-refractivity contribution in [3.05, 3.63) is 59.7 Å². The maximum absolute atomic E-state index is 12.4. The molecule has 1 fully saturated rings. The largest absolute Gasteiger partial charge is 0.403 e. The molecule has 0 unspecified atom stereocenters. The zero-order chi connectivity index (χ0) is 21.5. The minimum atomic E-state index is -0.134. The van der Waals surface area contributed by atoms with Crippen LogP contribution in [0.5, 0.6) is 0 Å². The van der Waals surface area contributed by atoms with Crippen LogP contribution in [0.2, 0.25) is 0 Å². The second-order valence-electron chi connectivity index (χ2n) is 8.00. The van der Waals surface area contributed by atoms with Gasteiger partial charge in [-0.2, -0.15) is 0 Å². The van der Waals surface area contributed by atoms with Crippen molar-refractivity contribution in [3.8, 4) is 11.5 Å². The highest BCUT2D eigenvalue weighted by atomic mass is 16.4. The molecule has 4 rings (SSSR count). The lowest BCUT2D eigenvalue weighted by atomic mass is 10.1. The van der Waals surface area contributed by atoms with Gasteiger partial charge >= 0.3 is 6.01 Å².